The number of rotatable bonds is 4. The van der Waals surface area contributed by atoms with Crippen LogP contribution in [0.5, 0.6) is 11.5 Å². The maximum atomic E-state index is 14.8. The third kappa shape index (κ3) is 4.41. The highest BCUT2D eigenvalue weighted by Crippen LogP contribution is 2.46. The van der Waals surface area contributed by atoms with Gasteiger partial charge >= 0.3 is 6.29 Å². The molecule has 1 aromatic rings. The highest BCUT2D eigenvalue weighted by Gasteiger charge is 2.43. The Bertz CT molecular complexity index is 760. The Morgan fingerprint density at radius 1 is 0.897 bits per heavy atom. The minimum absolute atomic E-state index is 0.0949. The fourth-order valence-electron chi connectivity index (χ4n) is 5.31. The van der Waals surface area contributed by atoms with Crippen LogP contribution in [0.3, 0.4) is 0 Å². The van der Waals surface area contributed by atoms with Crippen molar-refractivity contribution in [1.82, 2.24) is 0 Å². The molecule has 29 heavy (non-hydrogen) atoms. The molecule has 2 fully saturated rings. The van der Waals surface area contributed by atoms with Crippen LogP contribution in [0.2, 0.25) is 0 Å². The number of alkyl halides is 2. The molecule has 0 amide bonds. The van der Waals surface area contributed by atoms with Gasteiger partial charge in [0.15, 0.2) is 17.3 Å². The lowest BCUT2D eigenvalue weighted by Gasteiger charge is -2.37. The topological polar surface area (TPSA) is 18.5 Å². The molecule has 0 bridgehead atoms. The quantitative estimate of drug-likeness (QED) is 0.473. The molecule has 0 saturated heterocycles. The molecule has 6 heteroatoms. The van der Waals surface area contributed by atoms with Crippen molar-refractivity contribution < 1.29 is 27.0 Å². The van der Waals surface area contributed by atoms with Gasteiger partial charge in [0, 0.05) is 11.5 Å². The van der Waals surface area contributed by atoms with Gasteiger partial charge in [0.2, 0.25) is 0 Å². The van der Waals surface area contributed by atoms with Crippen molar-refractivity contribution in [1.29, 1.82) is 0 Å². The van der Waals surface area contributed by atoms with Crippen molar-refractivity contribution in [2.24, 2.45) is 23.7 Å². The summed E-state index contributed by atoms with van der Waals surface area (Å²) in [5.41, 5.74) is -0.0949. The Balaban J connectivity index is 1.38. The highest BCUT2D eigenvalue weighted by atomic mass is 19.3. The zero-order valence-electron chi connectivity index (χ0n) is 16.7. The van der Waals surface area contributed by atoms with Crippen LogP contribution in [0.4, 0.5) is 17.6 Å². The average molecular weight is 412 g/mol. The standard InChI is InChI=1S/C23H28F4O2/c1-2-14-3-5-15(6-4-14)16-7-9-17(10-8-16)21(24)22(25)18-11-12-19-20(13-18)29-23(26,27)28-19/h11-17H,2-10H2,1H3/b22-21+. The van der Waals surface area contributed by atoms with Crippen LogP contribution in [0.15, 0.2) is 24.0 Å². The molecule has 2 nitrogen and oxygen atoms in total. The third-order valence-electron chi connectivity index (χ3n) is 7.13. The number of fused-ring (bicyclic) bond motifs is 1. The number of benzene rings is 1. The molecule has 0 aromatic heterocycles. The molecule has 3 aliphatic rings. The molecule has 0 N–H and O–H groups in total. The fraction of sp³-hybridized carbons (Fsp3) is 0.652. The average Bonchev–Trinajstić information content (AvgIpc) is 3.05. The van der Waals surface area contributed by atoms with E-state index in [0.29, 0.717) is 18.8 Å². The maximum absolute atomic E-state index is 14.8. The van der Waals surface area contributed by atoms with E-state index in [4.69, 9.17) is 0 Å². The molecule has 2 saturated carbocycles. The number of allylic oxidation sites excluding steroid dienone is 1. The second-order valence-corrected chi connectivity index (χ2v) is 8.79. The summed E-state index contributed by atoms with van der Waals surface area (Å²) < 4.78 is 64.4. The monoisotopic (exact) mass is 412 g/mol. The first-order valence-electron chi connectivity index (χ1n) is 10.8. The van der Waals surface area contributed by atoms with E-state index in [1.807, 2.05) is 0 Å². The van der Waals surface area contributed by atoms with Gasteiger partial charge in [-0.05, 0) is 74.5 Å². The van der Waals surface area contributed by atoms with Gasteiger partial charge in [-0.3, -0.25) is 0 Å². The van der Waals surface area contributed by atoms with Crippen molar-refractivity contribution in [2.45, 2.75) is 71.0 Å². The number of halogens is 4. The Kier molecular flexibility index (Phi) is 5.80. The summed E-state index contributed by atoms with van der Waals surface area (Å²) in [6, 6.07) is 3.50. The summed E-state index contributed by atoms with van der Waals surface area (Å²) in [4.78, 5) is 0. The first kappa shape index (κ1) is 20.5. The molecule has 1 heterocycles. The van der Waals surface area contributed by atoms with Gasteiger partial charge < -0.3 is 9.47 Å². The minimum atomic E-state index is -3.77. The van der Waals surface area contributed by atoms with Crippen LogP contribution in [0, 0.1) is 23.7 Å². The molecule has 1 aliphatic heterocycles. The fourth-order valence-corrected chi connectivity index (χ4v) is 5.31. The first-order valence-corrected chi connectivity index (χ1v) is 10.8. The van der Waals surface area contributed by atoms with Gasteiger partial charge in [-0.15, -0.1) is 8.78 Å². The van der Waals surface area contributed by atoms with Gasteiger partial charge in [0.05, 0.1) is 0 Å². The molecular formula is C23H28F4O2. The second-order valence-electron chi connectivity index (χ2n) is 8.79. The SMILES string of the molecule is CCC1CCC(C2CCC(/C(F)=C(\F)c3ccc4c(c3)OC(F)(F)O4)CC2)CC1. The molecule has 0 atom stereocenters. The maximum Gasteiger partial charge on any atom is 0.586 e. The molecule has 160 valence electrons. The molecule has 0 spiro atoms. The van der Waals surface area contributed by atoms with Crippen molar-refractivity contribution in [2.75, 3.05) is 0 Å². The summed E-state index contributed by atoms with van der Waals surface area (Å²) in [7, 11) is 0. The van der Waals surface area contributed by atoms with Crippen LogP contribution >= 0.6 is 0 Å². The summed E-state index contributed by atoms with van der Waals surface area (Å²) in [6.07, 6.45) is 5.76. The Labute approximate surface area is 169 Å². The van der Waals surface area contributed by atoms with E-state index in [1.54, 1.807) is 0 Å². The van der Waals surface area contributed by atoms with E-state index in [9.17, 15) is 17.6 Å². The molecule has 4 rings (SSSR count). The van der Waals surface area contributed by atoms with Gasteiger partial charge in [-0.25, -0.2) is 8.78 Å². The van der Waals surface area contributed by atoms with E-state index in [0.717, 1.165) is 30.7 Å². The zero-order valence-corrected chi connectivity index (χ0v) is 16.7. The Morgan fingerprint density at radius 3 is 2.10 bits per heavy atom. The van der Waals surface area contributed by atoms with Gasteiger partial charge in [-0.1, -0.05) is 26.2 Å². The molecule has 1 aromatic carbocycles. The minimum Gasteiger partial charge on any atom is -0.395 e. The number of hydrogen-bond donors (Lipinski definition) is 0. The largest absolute Gasteiger partial charge is 0.586 e. The van der Waals surface area contributed by atoms with Crippen LogP contribution < -0.4 is 9.47 Å². The van der Waals surface area contributed by atoms with Crippen molar-refractivity contribution in [3.05, 3.63) is 29.6 Å². The number of hydrogen-bond acceptors (Lipinski definition) is 2. The van der Waals surface area contributed by atoms with E-state index < -0.39 is 23.9 Å². The van der Waals surface area contributed by atoms with Gasteiger partial charge in [0.25, 0.3) is 0 Å². The molecular weight excluding hydrogens is 384 g/mol. The summed E-state index contributed by atoms with van der Waals surface area (Å²) in [5, 5.41) is 0. The van der Waals surface area contributed by atoms with Crippen molar-refractivity contribution in [3.63, 3.8) is 0 Å². The number of ether oxygens (including phenoxy) is 2. The smallest absolute Gasteiger partial charge is 0.395 e. The van der Waals surface area contributed by atoms with Gasteiger partial charge in [0.1, 0.15) is 5.83 Å². The Hall–Kier alpha value is -1.72. The lowest BCUT2D eigenvalue weighted by atomic mass is 9.68. The van der Waals surface area contributed by atoms with E-state index in [2.05, 4.69) is 16.4 Å². The normalized spacial score (nSPS) is 32.0. The van der Waals surface area contributed by atoms with Crippen LogP contribution in [-0.2, 0) is 0 Å². The predicted octanol–water partition coefficient (Wildman–Crippen LogP) is 7.64. The lowest BCUT2D eigenvalue weighted by molar-refractivity contribution is -0.286. The zero-order chi connectivity index (χ0) is 20.6. The van der Waals surface area contributed by atoms with Crippen LogP contribution in [0.25, 0.3) is 5.83 Å². The predicted molar refractivity (Wildman–Crippen MR) is 103 cm³/mol. The van der Waals surface area contributed by atoms with Crippen LogP contribution in [-0.4, -0.2) is 6.29 Å². The lowest BCUT2D eigenvalue weighted by Crippen LogP contribution is -2.26. The van der Waals surface area contributed by atoms with E-state index >= 15 is 0 Å². The summed E-state index contributed by atoms with van der Waals surface area (Å²) in [5.74, 6) is -0.447. The first-order chi connectivity index (χ1) is 13.9. The van der Waals surface area contributed by atoms with Crippen molar-refractivity contribution in [3.8, 4) is 11.5 Å². The van der Waals surface area contributed by atoms with Crippen molar-refractivity contribution >= 4 is 5.83 Å². The summed E-state index contributed by atoms with van der Waals surface area (Å²) >= 11 is 0. The molecule has 0 radical (unpaired) electrons. The summed E-state index contributed by atoms with van der Waals surface area (Å²) in [6.45, 7) is 2.26. The van der Waals surface area contributed by atoms with Gasteiger partial charge in [-0.2, -0.15) is 0 Å². The van der Waals surface area contributed by atoms with E-state index in [1.165, 1.54) is 44.2 Å². The highest BCUT2D eigenvalue weighted by molar-refractivity contribution is 5.65. The third-order valence-corrected chi connectivity index (χ3v) is 7.13. The Morgan fingerprint density at radius 2 is 1.48 bits per heavy atom. The van der Waals surface area contributed by atoms with E-state index in [-0.39, 0.29) is 17.1 Å². The van der Waals surface area contributed by atoms with Crippen LogP contribution in [0.1, 0.15) is 70.3 Å². The molecule has 2 aliphatic carbocycles. The second kappa shape index (κ2) is 8.19. The molecule has 0 unspecified atom stereocenters.